The number of halogens is 1. The van der Waals surface area contributed by atoms with Gasteiger partial charge < -0.3 is 14.8 Å². The van der Waals surface area contributed by atoms with Crippen LogP contribution in [0.5, 0.6) is 11.5 Å². The van der Waals surface area contributed by atoms with Gasteiger partial charge in [-0.25, -0.2) is 0 Å². The number of fused-ring (bicyclic) bond motifs is 1. The first-order valence-electron chi connectivity index (χ1n) is 5.86. The summed E-state index contributed by atoms with van der Waals surface area (Å²) in [6.07, 6.45) is 2.62. The summed E-state index contributed by atoms with van der Waals surface area (Å²) in [7, 11) is 0. The second-order valence-electron chi connectivity index (χ2n) is 3.86. The number of ether oxygens (including phenoxy) is 2. The molecule has 0 amide bonds. The van der Waals surface area contributed by atoms with Crippen molar-refractivity contribution in [1.29, 1.82) is 0 Å². The maximum atomic E-state index is 6.06. The molecule has 7 heteroatoms. The number of hydrogen-bond donors (Lipinski definition) is 2. The van der Waals surface area contributed by atoms with Crippen LogP contribution in [0.4, 0.5) is 0 Å². The van der Waals surface area contributed by atoms with E-state index >= 15 is 0 Å². The van der Waals surface area contributed by atoms with Gasteiger partial charge in [0.15, 0.2) is 16.6 Å². The van der Waals surface area contributed by atoms with E-state index in [1.165, 1.54) is 0 Å². The Kier molecular flexibility index (Phi) is 4.81. The summed E-state index contributed by atoms with van der Waals surface area (Å²) in [5, 5.41) is 8.03. The molecule has 19 heavy (non-hydrogen) atoms. The molecule has 0 bridgehead atoms. The van der Waals surface area contributed by atoms with Crippen molar-refractivity contribution in [2.24, 2.45) is 5.10 Å². The molecule has 1 aromatic carbocycles. The molecule has 1 aromatic rings. The van der Waals surface area contributed by atoms with E-state index in [-0.39, 0.29) is 6.79 Å². The maximum Gasteiger partial charge on any atom is 0.231 e. The summed E-state index contributed by atoms with van der Waals surface area (Å²) in [5.74, 6) is 1.20. The average molecular weight is 300 g/mol. The summed E-state index contributed by atoms with van der Waals surface area (Å²) in [6, 6.07) is 3.56. The summed E-state index contributed by atoms with van der Waals surface area (Å²) in [4.78, 5) is 0. The lowest BCUT2D eigenvalue weighted by Gasteiger charge is -2.04. The number of rotatable bonds is 4. The van der Waals surface area contributed by atoms with Crippen molar-refractivity contribution in [3.63, 3.8) is 0 Å². The van der Waals surface area contributed by atoms with Crippen LogP contribution in [0.15, 0.2) is 17.2 Å². The molecule has 2 N–H and O–H groups in total. The monoisotopic (exact) mass is 299 g/mol. The van der Waals surface area contributed by atoms with Crippen LogP contribution < -0.4 is 20.2 Å². The highest BCUT2D eigenvalue weighted by Gasteiger charge is 2.17. The minimum absolute atomic E-state index is 0.193. The molecule has 0 aliphatic carbocycles. The molecule has 0 atom stereocenters. The quantitative estimate of drug-likeness (QED) is 0.507. The first-order valence-corrected chi connectivity index (χ1v) is 6.65. The highest BCUT2D eigenvalue weighted by molar-refractivity contribution is 7.80. The summed E-state index contributed by atoms with van der Waals surface area (Å²) in [6.45, 7) is 3.07. The lowest BCUT2D eigenvalue weighted by atomic mass is 10.2. The number of nitrogens with zero attached hydrogens (tertiary/aromatic N) is 1. The van der Waals surface area contributed by atoms with Gasteiger partial charge in [0.1, 0.15) is 0 Å². The Hall–Kier alpha value is -1.53. The molecule has 1 aliphatic rings. The van der Waals surface area contributed by atoms with Crippen LogP contribution in [0.1, 0.15) is 18.9 Å². The second-order valence-corrected chi connectivity index (χ2v) is 4.68. The van der Waals surface area contributed by atoms with E-state index in [1.807, 2.05) is 6.07 Å². The Bertz CT molecular complexity index is 508. The Morgan fingerprint density at radius 3 is 3.16 bits per heavy atom. The first-order chi connectivity index (χ1) is 9.20. The van der Waals surface area contributed by atoms with E-state index in [2.05, 4.69) is 22.8 Å². The summed E-state index contributed by atoms with van der Waals surface area (Å²) in [5.41, 5.74) is 3.53. The molecule has 1 aliphatic heterocycles. The van der Waals surface area contributed by atoms with Gasteiger partial charge >= 0.3 is 0 Å². The Balaban J connectivity index is 1.96. The summed E-state index contributed by atoms with van der Waals surface area (Å²) >= 11 is 11.1. The lowest BCUT2D eigenvalue weighted by Crippen LogP contribution is -2.32. The molecule has 0 saturated heterocycles. The van der Waals surface area contributed by atoms with Gasteiger partial charge in [-0.3, -0.25) is 5.43 Å². The number of nitrogens with one attached hydrogen (secondary N) is 2. The normalized spacial score (nSPS) is 12.7. The van der Waals surface area contributed by atoms with Gasteiger partial charge in [0.25, 0.3) is 0 Å². The minimum Gasteiger partial charge on any atom is -0.454 e. The van der Waals surface area contributed by atoms with E-state index in [4.69, 9.17) is 33.3 Å². The van der Waals surface area contributed by atoms with Crippen LogP contribution in [-0.2, 0) is 0 Å². The van der Waals surface area contributed by atoms with Crippen LogP contribution in [-0.4, -0.2) is 24.7 Å². The molecule has 0 spiro atoms. The molecule has 0 aromatic heterocycles. The molecule has 5 nitrogen and oxygen atoms in total. The Morgan fingerprint density at radius 2 is 2.37 bits per heavy atom. The van der Waals surface area contributed by atoms with Crippen LogP contribution in [0.2, 0.25) is 5.02 Å². The maximum absolute atomic E-state index is 6.06. The molecule has 1 heterocycles. The molecular formula is C12H14ClN3O2S. The fraction of sp³-hybridized carbons (Fsp3) is 0.333. The van der Waals surface area contributed by atoms with Crippen molar-refractivity contribution in [2.75, 3.05) is 13.3 Å². The van der Waals surface area contributed by atoms with Crippen molar-refractivity contribution in [1.82, 2.24) is 10.7 Å². The van der Waals surface area contributed by atoms with E-state index in [0.717, 1.165) is 18.5 Å². The smallest absolute Gasteiger partial charge is 0.231 e. The summed E-state index contributed by atoms with van der Waals surface area (Å²) < 4.78 is 10.5. The number of hydrazone groups is 1. The first kappa shape index (κ1) is 13.9. The van der Waals surface area contributed by atoms with Gasteiger partial charge in [-0.2, -0.15) is 5.10 Å². The fourth-order valence-corrected chi connectivity index (χ4v) is 1.93. The SMILES string of the molecule is CCCNC(=S)N/N=C\c1cc(Cl)c2c(c1)OCO2. The minimum atomic E-state index is 0.193. The predicted molar refractivity (Wildman–Crippen MR) is 79.2 cm³/mol. The van der Waals surface area contributed by atoms with Crippen LogP contribution in [0.3, 0.4) is 0 Å². The van der Waals surface area contributed by atoms with E-state index in [9.17, 15) is 0 Å². The van der Waals surface area contributed by atoms with Crippen LogP contribution in [0.25, 0.3) is 0 Å². The van der Waals surface area contributed by atoms with Gasteiger partial charge in [0.05, 0.1) is 11.2 Å². The zero-order valence-electron chi connectivity index (χ0n) is 10.4. The molecule has 0 fully saturated rings. The van der Waals surface area contributed by atoms with Crippen molar-refractivity contribution in [3.8, 4) is 11.5 Å². The van der Waals surface area contributed by atoms with E-state index in [1.54, 1.807) is 12.3 Å². The average Bonchev–Trinajstić information content (AvgIpc) is 2.85. The number of benzene rings is 1. The molecule has 102 valence electrons. The largest absolute Gasteiger partial charge is 0.454 e. The Morgan fingerprint density at radius 1 is 1.53 bits per heavy atom. The molecule has 2 rings (SSSR count). The zero-order valence-corrected chi connectivity index (χ0v) is 12.0. The van der Waals surface area contributed by atoms with Crippen LogP contribution >= 0.6 is 23.8 Å². The number of hydrogen-bond acceptors (Lipinski definition) is 4. The lowest BCUT2D eigenvalue weighted by molar-refractivity contribution is 0.174. The van der Waals surface area contributed by atoms with E-state index in [0.29, 0.717) is 21.6 Å². The van der Waals surface area contributed by atoms with Crippen LogP contribution in [0, 0.1) is 0 Å². The Labute approximate surface area is 121 Å². The van der Waals surface area contributed by atoms with Crippen molar-refractivity contribution < 1.29 is 9.47 Å². The standard InChI is InChI=1S/C12H14ClN3O2S/c1-2-3-14-12(19)16-15-6-8-4-9(13)11-10(5-8)17-7-18-11/h4-6H,2-3,7H2,1H3,(H2,14,16,19)/b15-6-. The van der Waals surface area contributed by atoms with E-state index < -0.39 is 0 Å². The highest BCUT2D eigenvalue weighted by Crippen LogP contribution is 2.39. The van der Waals surface area contributed by atoms with Gasteiger partial charge in [-0.05, 0) is 36.3 Å². The third kappa shape index (κ3) is 3.71. The third-order valence-corrected chi connectivity index (χ3v) is 2.88. The number of thiocarbonyl (C=S) groups is 1. The van der Waals surface area contributed by atoms with Crippen molar-refractivity contribution in [3.05, 3.63) is 22.7 Å². The second kappa shape index (κ2) is 6.58. The van der Waals surface area contributed by atoms with Crippen molar-refractivity contribution >= 4 is 35.1 Å². The fourth-order valence-electron chi connectivity index (χ4n) is 1.51. The molecule has 0 unspecified atom stereocenters. The van der Waals surface area contributed by atoms with Crippen molar-refractivity contribution in [2.45, 2.75) is 13.3 Å². The molecule has 0 saturated carbocycles. The van der Waals surface area contributed by atoms with Gasteiger partial charge in [-0.1, -0.05) is 18.5 Å². The molecule has 0 radical (unpaired) electrons. The highest BCUT2D eigenvalue weighted by atomic mass is 35.5. The molecular weight excluding hydrogens is 286 g/mol. The van der Waals surface area contributed by atoms with Gasteiger partial charge in [-0.15, -0.1) is 0 Å². The topological polar surface area (TPSA) is 54.9 Å². The third-order valence-electron chi connectivity index (χ3n) is 2.36. The van der Waals surface area contributed by atoms with Gasteiger partial charge in [0.2, 0.25) is 6.79 Å². The zero-order chi connectivity index (χ0) is 13.7. The predicted octanol–water partition coefficient (Wildman–Crippen LogP) is 2.28. The van der Waals surface area contributed by atoms with Gasteiger partial charge in [0, 0.05) is 6.54 Å².